The predicted molar refractivity (Wildman–Crippen MR) is 113 cm³/mol. The number of nitrogens with zero attached hydrogens (tertiary/aromatic N) is 3. The molecule has 0 N–H and O–H groups in total. The van der Waals surface area contributed by atoms with Crippen LogP contribution in [0.4, 0.5) is 10.5 Å². The van der Waals surface area contributed by atoms with Gasteiger partial charge in [0.2, 0.25) is 5.91 Å². The van der Waals surface area contributed by atoms with Crippen LogP contribution in [0.25, 0.3) is 0 Å². The van der Waals surface area contributed by atoms with Gasteiger partial charge in [-0.05, 0) is 69.3 Å². The number of ether oxygens (including phenoxy) is 1. The number of rotatable bonds is 3. The van der Waals surface area contributed by atoms with E-state index >= 15 is 0 Å². The Hall–Kier alpha value is -2.08. The molecule has 0 aliphatic carbocycles. The Balaban J connectivity index is 1.39. The first kappa shape index (κ1) is 20.2. The maximum atomic E-state index is 12.2. The third kappa shape index (κ3) is 3.75. The van der Waals surface area contributed by atoms with Crippen LogP contribution in [0.3, 0.4) is 0 Å². The van der Waals surface area contributed by atoms with Gasteiger partial charge in [0.25, 0.3) is 0 Å². The second-order valence-electron chi connectivity index (χ2n) is 8.95. The molecule has 3 aliphatic heterocycles. The minimum Gasteiger partial charge on any atom is -0.450 e. The van der Waals surface area contributed by atoms with Gasteiger partial charge in [0.15, 0.2) is 0 Å². The van der Waals surface area contributed by atoms with Crippen molar-refractivity contribution in [3.63, 3.8) is 0 Å². The SMILES string of the molecule is CCOC(=O)N1CC[C@@H](CN2CCC3(CC2)CN(C(C)=O)c2cccc(C)c23)C1. The van der Waals surface area contributed by atoms with Gasteiger partial charge in [0, 0.05) is 44.2 Å². The van der Waals surface area contributed by atoms with Crippen molar-refractivity contribution in [1.82, 2.24) is 9.80 Å². The van der Waals surface area contributed by atoms with Crippen molar-refractivity contribution in [2.45, 2.75) is 45.4 Å². The molecule has 0 saturated carbocycles. The Morgan fingerprint density at radius 2 is 1.97 bits per heavy atom. The fourth-order valence-electron chi connectivity index (χ4n) is 5.61. The number of fused-ring (bicyclic) bond motifs is 2. The first-order chi connectivity index (χ1) is 13.9. The normalized spacial score (nSPS) is 23.5. The van der Waals surface area contributed by atoms with Crippen molar-refractivity contribution >= 4 is 17.7 Å². The van der Waals surface area contributed by atoms with Gasteiger partial charge in [0.05, 0.1) is 6.61 Å². The Kier molecular flexibility index (Phi) is 5.56. The van der Waals surface area contributed by atoms with Crippen molar-refractivity contribution in [2.75, 3.05) is 50.8 Å². The minimum absolute atomic E-state index is 0.0927. The molecule has 0 bridgehead atoms. The van der Waals surface area contributed by atoms with Crippen molar-refractivity contribution in [2.24, 2.45) is 5.92 Å². The standard InChI is InChI=1S/C23H33N3O3/c1-4-29-22(28)25-11-8-19(15-25)14-24-12-9-23(10-13-24)16-26(18(3)27)20-7-5-6-17(2)21(20)23/h5-7,19H,4,8-16H2,1-3H3/t19-/m0/s1. The van der Waals surface area contributed by atoms with Crippen LogP contribution in [0, 0.1) is 12.8 Å². The summed E-state index contributed by atoms with van der Waals surface area (Å²) in [5.41, 5.74) is 3.91. The molecule has 3 aliphatic rings. The molecule has 1 aromatic carbocycles. The number of carbonyl (C=O) groups excluding carboxylic acids is 2. The van der Waals surface area contributed by atoms with E-state index in [-0.39, 0.29) is 17.4 Å². The lowest BCUT2D eigenvalue weighted by Gasteiger charge is -2.41. The van der Waals surface area contributed by atoms with Crippen LogP contribution in [0.5, 0.6) is 0 Å². The van der Waals surface area contributed by atoms with Gasteiger partial charge in [-0.25, -0.2) is 4.79 Å². The van der Waals surface area contributed by atoms with E-state index in [1.807, 2.05) is 16.7 Å². The lowest BCUT2D eigenvalue weighted by Crippen LogP contribution is -2.47. The number of amides is 2. The van der Waals surface area contributed by atoms with Gasteiger partial charge >= 0.3 is 6.09 Å². The summed E-state index contributed by atoms with van der Waals surface area (Å²) in [5, 5.41) is 0. The van der Waals surface area contributed by atoms with Crippen LogP contribution in [0.15, 0.2) is 18.2 Å². The lowest BCUT2D eigenvalue weighted by molar-refractivity contribution is -0.116. The first-order valence-corrected chi connectivity index (χ1v) is 11.0. The molecule has 2 saturated heterocycles. The van der Waals surface area contributed by atoms with E-state index in [0.29, 0.717) is 12.5 Å². The fourth-order valence-corrected chi connectivity index (χ4v) is 5.61. The van der Waals surface area contributed by atoms with E-state index in [1.165, 1.54) is 11.1 Å². The number of hydrogen-bond donors (Lipinski definition) is 0. The second kappa shape index (κ2) is 7.98. The number of likely N-dealkylation sites (tertiary alicyclic amines) is 2. The molecule has 1 spiro atoms. The summed E-state index contributed by atoms with van der Waals surface area (Å²) < 4.78 is 5.14. The summed E-state index contributed by atoms with van der Waals surface area (Å²) in [7, 11) is 0. The van der Waals surface area contributed by atoms with Gasteiger partial charge in [-0.3, -0.25) is 4.79 Å². The van der Waals surface area contributed by atoms with Gasteiger partial charge in [-0.1, -0.05) is 12.1 Å². The molecular formula is C23H33N3O3. The first-order valence-electron chi connectivity index (χ1n) is 11.0. The average molecular weight is 400 g/mol. The van der Waals surface area contributed by atoms with Crippen LogP contribution in [0.1, 0.15) is 44.2 Å². The van der Waals surface area contributed by atoms with Gasteiger partial charge in [-0.2, -0.15) is 0 Å². The molecular weight excluding hydrogens is 366 g/mol. The largest absolute Gasteiger partial charge is 0.450 e. The molecule has 0 radical (unpaired) electrons. The number of benzene rings is 1. The van der Waals surface area contributed by atoms with Crippen molar-refractivity contribution in [3.05, 3.63) is 29.3 Å². The molecule has 158 valence electrons. The summed E-state index contributed by atoms with van der Waals surface area (Å²) in [4.78, 5) is 30.6. The third-order valence-corrected chi connectivity index (χ3v) is 7.05. The van der Waals surface area contributed by atoms with Crippen LogP contribution in [-0.2, 0) is 14.9 Å². The molecule has 2 fully saturated rings. The molecule has 0 unspecified atom stereocenters. The maximum absolute atomic E-state index is 12.2. The van der Waals surface area contributed by atoms with E-state index in [0.717, 1.165) is 64.2 Å². The smallest absolute Gasteiger partial charge is 0.409 e. The molecule has 1 atom stereocenters. The lowest BCUT2D eigenvalue weighted by atomic mass is 9.72. The zero-order valence-electron chi connectivity index (χ0n) is 17.9. The van der Waals surface area contributed by atoms with Gasteiger partial charge in [0.1, 0.15) is 0 Å². The Bertz CT molecular complexity index is 786. The van der Waals surface area contributed by atoms with E-state index in [2.05, 4.69) is 30.0 Å². The summed E-state index contributed by atoms with van der Waals surface area (Å²) in [5.74, 6) is 0.668. The molecule has 6 nitrogen and oxygen atoms in total. The maximum Gasteiger partial charge on any atom is 0.409 e. The minimum atomic E-state index is -0.171. The Labute approximate surface area is 173 Å². The van der Waals surface area contributed by atoms with Crippen LogP contribution < -0.4 is 4.90 Å². The number of carbonyl (C=O) groups is 2. The monoisotopic (exact) mass is 399 g/mol. The number of anilines is 1. The zero-order chi connectivity index (χ0) is 20.6. The summed E-state index contributed by atoms with van der Waals surface area (Å²) >= 11 is 0. The fraction of sp³-hybridized carbons (Fsp3) is 0.652. The number of piperidine rings is 1. The van der Waals surface area contributed by atoms with Gasteiger partial charge < -0.3 is 19.4 Å². The molecule has 0 aromatic heterocycles. The molecule has 3 heterocycles. The molecule has 2 amide bonds. The second-order valence-corrected chi connectivity index (χ2v) is 8.95. The quantitative estimate of drug-likeness (QED) is 0.783. The molecule has 4 rings (SSSR count). The summed E-state index contributed by atoms with van der Waals surface area (Å²) in [6, 6.07) is 6.35. The van der Waals surface area contributed by atoms with Crippen LogP contribution >= 0.6 is 0 Å². The van der Waals surface area contributed by atoms with Crippen LogP contribution in [0.2, 0.25) is 0 Å². The summed E-state index contributed by atoms with van der Waals surface area (Å²) in [6.45, 7) is 11.7. The number of aryl methyl sites for hydroxylation is 1. The van der Waals surface area contributed by atoms with E-state index in [1.54, 1.807) is 6.92 Å². The van der Waals surface area contributed by atoms with E-state index < -0.39 is 0 Å². The average Bonchev–Trinajstić information content (AvgIpc) is 3.28. The number of hydrogen-bond acceptors (Lipinski definition) is 4. The van der Waals surface area contributed by atoms with Crippen molar-refractivity contribution in [1.29, 1.82) is 0 Å². The van der Waals surface area contributed by atoms with E-state index in [4.69, 9.17) is 4.74 Å². The van der Waals surface area contributed by atoms with Gasteiger partial charge in [-0.15, -0.1) is 0 Å². The highest BCUT2D eigenvalue weighted by Gasteiger charge is 2.46. The van der Waals surface area contributed by atoms with Crippen LogP contribution in [-0.4, -0.2) is 67.7 Å². The third-order valence-electron chi connectivity index (χ3n) is 7.05. The Morgan fingerprint density at radius 3 is 2.66 bits per heavy atom. The predicted octanol–water partition coefficient (Wildman–Crippen LogP) is 3.17. The molecule has 29 heavy (non-hydrogen) atoms. The van der Waals surface area contributed by atoms with E-state index in [9.17, 15) is 9.59 Å². The summed E-state index contributed by atoms with van der Waals surface area (Å²) in [6.07, 6.45) is 3.06. The highest BCUT2D eigenvalue weighted by Crippen LogP contribution is 2.48. The highest BCUT2D eigenvalue weighted by atomic mass is 16.6. The molecule has 1 aromatic rings. The molecule has 6 heteroatoms. The topological polar surface area (TPSA) is 53.1 Å². The van der Waals surface area contributed by atoms with Crippen molar-refractivity contribution in [3.8, 4) is 0 Å². The zero-order valence-corrected chi connectivity index (χ0v) is 17.9. The highest BCUT2D eigenvalue weighted by molar-refractivity contribution is 5.95. The van der Waals surface area contributed by atoms with Crippen molar-refractivity contribution < 1.29 is 14.3 Å². The Morgan fingerprint density at radius 1 is 1.21 bits per heavy atom.